The Morgan fingerprint density at radius 3 is 2.28 bits per heavy atom. The van der Waals surface area contributed by atoms with Gasteiger partial charge in [-0.1, -0.05) is 81.4 Å². The molecule has 1 N–H and O–H groups in total. The molecule has 29 heavy (non-hydrogen) atoms. The Morgan fingerprint density at radius 2 is 1.62 bits per heavy atom. The molecule has 0 aromatic heterocycles. The molecule has 0 aliphatic carbocycles. The zero-order chi connectivity index (χ0) is 20.9. The van der Waals surface area contributed by atoms with E-state index in [2.05, 4.69) is 50.4 Å². The van der Waals surface area contributed by atoms with E-state index in [0.29, 0.717) is 17.9 Å². The van der Waals surface area contributed by atoms with Crippen LogP contribution in [0.3, 0.4) is 0 Å². The molecular weight excluding hydrogens is 358 g/mol. The van der Waals surface area contributed by atoms with Gasteiger partial charge in [-0.15, -0.1) is 0 Å². The summed E-state index contributed by atoms with van der Waals surface area (Å²) in [6, 6.07) is 25.7. The minimum absolute atomic E-state index is 0.0783. The van der Waals surface area contributed by atoms with Crippen molar-refractivity contribution in [1.29, 1.82) is 0 Å². The van der Waals surface area contributed by atoms with Crippen LogP contribution in [0.4, 0.5) is 0 Å². The Labute approximate surface area is 173 Å². The molecule has 3 aromatic carbocycles. The monoisotopic (exact) mass is 387 g/mol. The average molecular weight is 388 g/mol. The van der Waals surface area contributed by atoms with E-state index >= 15 is 0 Å². The maximum absolute atomic E-state index is 12.7. The van der Waals surface area contributed by atoms with Crippen molar-refractivity contribution in [3.05, 3.63) is 101 Å². The number of nitrogens with one attached hydrogen (secondary N) is 1. The first kappa shape index (κ1) is 20.7. The van der Waals surface area contributed by atoms with Crippen LogP contribution in [0.1, 0.15) is 60.8 Å². The van der Waals surface area contributed by atoms with Crippen molar-refractivity contribution in [2.75, 3.05) is 0 Å². The highest BCUT2D eigenvalue weighted by atomic mass is 16.5. The van der Waals surface area contributed by atoms with Gasteiger partial charge in [-0.2, -0.15) is 0 Å². The third-order valence-electron chi connectivity index (χ3n) is 4.97. The first-order chi connectivity index (χ1) is 13.8. The lowest BCUT2D eigenvalue weighted by Crippen LogP contribution is -2.26. The zero-order valence-corrected chi connectivity index (χ0v) is 17.6. The summed E-state index contributed by atoms with van der Waals surface area (Å²) < 4.78 is 5.84. The minimum Gasteiger partial charge on any atom is -0.489 e. The number of benzene rings is 3. The number of ether oxygens (including phenoxy) is 1. The number of carbonyl (C=O) groups excluding carboxylic acids is 1. The second-order valence-electron chi connectivity index (χ2n) is 8.37. The van der Waals surface area contributed by atoms with E-state index < -0.39 is 0 Å². The molecule has 0 saturated heterocycles. The number of hydrogen-bond acceptors (Lipinski definition) is 2. The van der Waals surface area contributed by atoms with E-state index in [1.165, 1.54) is 5.56 Å². The molecule has 0 spiro atoms. The fraction of sp³-hybridized carbons (Fsp3) is 0.269. The number of carbonyl (C=O) groups is 1. The Balaban J connectivity index is 1.62. The van der Waals surface area contributed by atoms with Gasteiger partial charge in [0.05, 0.1) is 6.04 Å². The van der Waals surface area contributed by atoms with Crippen molar-refractivity contribution >= 4 is 5.91 Å². The highest BCUT2D eigenvalue weighted by Gasteiger charge is 2.15. The Hall–Kier alpha value is -3.07. The zero-order valence-electron chi connectivity index (χ0n) is 17.6. The van der Waals surface area contributed by atoms with E-state index in [9.17, 15) is 4.79 Å². The minimum atomic E-state index is -0.109. The smallest absolute Gasteiger partial charge is 0.251 e. The molecular formula is C26H29NO2. The maximum Gasteiger partial charge on any atom is 0.251 e. The molecule has 150 valence electrons. The lowest BCUT2D eigenvalue weighted by atomic mass is 9.86. The van der Waals surface area contributed by atoms with Gasteiger partial charge in [0.1, 0.15) is 12.4 Å². The molecule has 0 fully saturated rings. The summed E-state index contributed by atoms with van der Waals surface area (Å²) in [5.41, 5.74) is 4.17. The summed E-state index contributed by atoms with van der Waals surface area (Å²) in [5, 5.41) is 3.08. The Bertz CT molecular complexity index is 940. The molecule has 0 bridgehead atoms. The van der Waals surface area contributed by atoms with Crippen molar-refractivity contribution in [3.63, 3.8) is 0 Å². The van der Waals surface area contributed by atoms with E-state index in [1.807, 2.05) is 49.4 Å². The Morgan fingerprint density at radius 1 is 0.931 bits per heavy atom. The van der Waals surface area contributed by atoms with Gasteiger partial charge in [-0.05, 0) is 47.2 Å². The largest absolute Gasteiger partial charge is 0.489 e. The molecule has 0 saturated carbocycles. The van der Waals surface area contributed by atoms with Gasteiger partial charge >= 0.3 is 0 Å². The van der Waals surface area contributed by atoms with Crippen molar-refractivity contribution in [2.24, 2.45) is 0 Å². The lowest BCUT2D eigenvalue weighted by Gasteiger charge is -2.21. The predicted molar refractivity (Wildman–Crippen MR) is 118 cm³/mol. The first-order valence-corrected chi connectivity index (χ1v) is 10.0. The molecule has 1 unspecified atom stereocenters. The van der Waals surface area contributed by atoms with Crippen LogP contribution in [0.2, 0.25) is 0 Å². The van der Waals surface area contributed by atoms with Crippen LogP contribution in [0.5, 0.6) is 5.75 Å². The normalized spacial score (nSPS) is 12.3. The van der Waals surface area contributed by atoms with Crippen molar-refractivity contribution < 1.29 is 9.53 Å². The van der Waals surface area contributed by atoms with E-state index in [4.69, 9.17) is 4.74 Å². The van der Waals surface area contributed by atoms with Crippen molar-refractivity contribution in [1.82, 2.24) is 5.32 Å². The molecule has 3 aromatic rings. The van der Waals surface area contributed by atoms with Crippen LogP contribution in [0, 0.1) is 0 Å². The van der Waals surface area contributed by atoms with Gasteiger partial charge < -0.3 is 10.1 Å². The second kappa shape index (κ2) is 8.95. The molecule has 0 heterocycles. The summed E-state index contributed by atoms with van der Waals surface area (Å²) in [7, 11) is 0. The third-order valence-corrected chi connectivity index (χ3v) is 4.97. The summed E-state index contributed by atoms with van der Waals surface area (Å²) in [6.45, 7) is 9.06. The van der Waals surface area contributed by atoms with Gasteiger partial charge in [-0.3, -0.25) is 4.79 Å². The summed E-state index contributed by atoms with van der Waals surface area (Å²) in [6.07, 6.45) is 0. The SMILES string of the molecule is CC(NC(=O)c1cccc(OCc2ccccc2)c1)c1ccc(C(C)(C)C)cc1. The second-order valence-corrected chi connectivity index (χ2v) is 8.37. The molecule has 0 aliphatic rings. The molecule has 3 heteroatoms. The summed E-state index contributed by atoms with van der Waals surface area (Å²) in [5.74, 6) is 0.575. The number of hydrogen-bond donors (Lipinski definition) is 1. The maximum atomic E-state index is 12.7. The van der Waals surface area contributed by atoms with Crippen LogP contribution < -0.4 is 10.1 Å². The molecule has 3 rings (SSSR count). The average Bonchev–Trinajstić information content (AvgIpc) is 2.72. The van der Waals surface area contributed by atoms with Crippen molar-refractivity contribution in [2.45, 2.75) is 45.8 Å². The van der Waals surface area contributed by atoms with E-state index in [-0.39, 0.29) is 17.4 Å². The highest BCUT2D eigenvalue weighted by Crippen LogP contribution is 2.24. The summed E-state index contributed by atoms with van der Waals surface area (Å²) >= 11 is 0. The number of amides is 1. The van der Waals surface area contributed by atoms with E-state index in [1.54, 1.807) is 12.1 Å². The van der Waals surface area contributed by atoms with Crippen LogP contribution in [0.15, 0.2) is 78.9 Å². The summed E-state index contributed by atoms with van der Waals surface area (Å²) in [4.78, 5) is 12.7. The molecule has 0 radical (unpaired) electrons. The standard InChI is InChI=1S/C26H29NO2/c1-19(21-13-15-23(16-14-21)26(2,3)4)27-25(28)22-11-8-12-24(17-22)29-18-20-9-6-5-7-10-20/h5-17,19H,18H2,1-4H3,(H,27,28). The molecule has 3 nitrogen and oxygen atoms in total. The van der Waals surface area contributed by atoms with E-state index in [0.717, 1.165) is 11.1 Å². The topological polar surface area (TPSA) is 38.3 Å². The fourth-order valence-corrected chi connectivity index (χ4v) is 3.10. The quantitative estimate of drug-likeness (QED) is 0.559. The number of rotatable bonds is 6. The van der Waals surface area contributed by atoms with Gasteiger partial charge in [0, 0.05) is 5.56 Å². The van der Waals surface area contributed by atoms with Gasteiger partial charge in [-0.25, -0.2) is 0 Å². The molecule has 1 amide bonds. The molecule has 1 atom stereocenters. The van der Waals surface area contributed by atoms with Crippen LogP contribution in [0.25, 0.3) is 0 Å². The van der Waals surface area contributed by atoms with Crippen LogP contribution >= 0.6 is 0 Å². The fourth-order valence-electron chi connectivity index (χ4n) is 3.10. The van der Waals surface area contributed by atoms with Gasteiger partial charge in [0.15, 0.2) is 0 Å². The first-order valence-electron chi connectivity index (χ1n) is 10.0. The Kier molecular flexibility index (Phi) is 6.38. The van der Waals surface area contributed by atoms with Crippen LogP contribution in [-0.2, 0) is 12.0 Å². The molecule has 0 aliphatic heterocycles. The van der Waals surface area contributed by atoms with Crippen LogP contribution in [-0.4, -0.2) is 5.91 Å². The van der Waals surface area contributed by atoms with Crippen molar-refractivity contribution in [3.8, 4) is 5.75 Å². The van der Waals surface area contributed by atoms with Gasteiger partial charge in [0.2, 0.25) is 0 Å². The lowest BCUT2D eigenvalue weighted by molar-refractivity contribution is 0.0939. The predicted octanol–water partition coefficient (Wildman–Crippen LogP) is 6.05. The van der Waals surface area contributed by atoms with Gasteiger partial charge in [0.25, 0.3) is 5.91 Å². The third kappa shape index (κ3) is 5.71. The highest BCUT2D eigenvalue weighted by molar-refractivity contribution is 5.94.